The van der Waals surface area contributed by atoms with Crippen LogP contribution in [-0.2, 0) is 16.6 Å². The lowest BCUT2D eigenvalue weighted by Crippen LogP contribution is -2.38. The smallest absolute Gasteiger partial charge is 0.326 e. The standard InChI is InChI=1S/C23H20N4O5S.C2H6/c1-31-17-10-16(11-18(12-17)32-2)26-14-15-13-24-22-20(21(15)25-23(26)28)8-9-27(22)33(29,30)19-6-4-3-5-7-19;1-2/h3-13H,14H2,1-2H3,(H,25,28);1-2H3. The zero-order chi connectivity index (χ0) is 25.2. The Morgan fingerprint density at radius 3 is 2.26 bits per heavy atom. The van der Waals surface area contributed by atoms with E-state index < -0.39 is 10.0 Å². The molecule has 10 heteroatoms. The van der Waals surface area contributed by atoms with Crippen molar-refractivity contribution in [1.82, 2.24) is 8.96 Å². The number of hydrogen-bond acceptors (Lipinski definition) is 6. The van der Waals surface area contributed by atoms with Gasteiger partial charge in [0.2, 0.25) is 0 Å². The third-order valence-corrected chi connectivity index (χ3v) is 7.19. The third-order valence-electron chi connectivity index (χ3n) is 5.51. The highest BCUT2D eigenvalue weighted by molar-refractivity contribution is 7.90. The third kappa shape index (κ3) is 4.28. The van der Waals surface area contributed by atoms with E-state index in [1.807, 2.05) is 13.8 Å². The predicted octanol–water partition coefficient (Wildman–Crippen LogP) is 4.87. The minimum atomic E-state index is -3.83. The number of amides is 2. The van der Waals surface area contributed by atoms with Crippen molar-refractivity contribution in [3.05, 3.63) is 72.6 Å². The number of pyridine rings is 1. The topological polar surface area (TPSA) is 103 Å². The molecule has 0 unspecified atom stereocenters. The van der Waals surface area contributed by atoms with Gasteiger partial charge in [0.15, 0.2) is 5.65 Å². The van der Waals surface area contributed by atoms with Gasteiger partial charge in [0.25, 0.3) is 10.0 Å². The van der Waals surface area contributed by atoms with Gasteiger partial charge in [-0.2, -0.15) is 0 Å². The van der Waals surface area contributed by atoms with Gasteiger partial charge in [-0.1, -0.05) is 32.0 Å². The lowest BCUT2D eigenvalue weighted by Gasteiger charge is -2.30. The van der Waals surface area contributed by atoms with Gasteiger partial charge in [0, 0.05) is 41.5 Å². The highest BCUT2D eigenvalue weighted by Crippen LogP contribution is 2.36. The Hall–Kier alpha value is -4.05. The molecule has 0 saturated carbocycles. The Labute approximate surface area is 204 Å². The number of carbonyl (C=O) groups is 1. The Bertz CT molecular complexity index is 1460. The lowest BCUT2D eigenvalue weighted by atomic mass is 10.1. The van der Waals surface area contributed by atoms with Crippen molar-refractivity contribution in [3.8, 4) is 11.5 Å². The van der Waals surface area contributed by atoms with Crippen molar-refractivity contribution in [2.75, 3.05) is 24.4 Å². The summed E-state index contributed by atoms with van der Waals surface area (Å²) >= 11 is 0. The zero-order valence-corrected chi connectivity index (χ0v) is 20.7. The molecule has 4 aromatic rings. The zero-order valence-electron chi connectivity index (χ0n) is 19.8. The summed E-state index contributed by atoms with van der Waals surface area (Å²) in [6, 6.07) is 14.6. The van der Waals surface area contributed by atoms with Gasteiger partial charge in [0.1, 0.15) is 11.5 Å². The number of benzene rings is 2. The summed E-state index contributed by atoms with van der Waals surface area (Å²) in [5.41, 5.74) is 2.13. The number of carbonyl (C=O) groups excluding carboxylic acids is 1. The van der Waals surface area contributed by atoms with Crippen molar-refractivity contribution in [2.45, 2.75) is 25.3 Å². The summed E-state index contributed by atoms with van der Waals surface area (Å²) in [4.78, 5) is 19.1. The van der Waals surface area contributed by atoms with Gasteiger partial charge < -0.3 is 14.8 Å². The number of urea groups is 1. The molecule has 9 nitrogen and oxygen atoms in total. The van der Waals surface area contributed by atoms with E-state index in [2.05, 4.69) is 10.3 Å². The van der Waals surface area contributed by atoms with Crippen LogP contribution in [0.4, 0.5) is 16.2 Å². The molecule has 0 spiro atoms. The first-order valence-corrected chi connectivity index (χ1v) is 12.5. The molecule has 0 bridgehead atoms. The summed E-state index contributed by atoms with van der Waals surface area (Å²) in [5, 5.41) is 3.43. The summed E-state index contributed by atoms with van der Waals surface area (Å²) in [7, 11) is -0.747. The first-order valence-electron chi connectivity index (χ1n) is 11.0. The van der Waals surface area contributed by atoms with E-state index >= 15 is 0 Å². The van der Waals surface area contributed by atoms with Gasteiger partial charge >= 0.3 is 6.03 Å². The quantitative estimate of drug-likeness (QED) is 0.425. The van der Waals surface area contributed by atoms with Crippen LogP contribution < -0.4 is 19.7 Å². The van der Waals surface area contributed by atoms with Crippen LogP contribution in [0.5, 0.6) is 11.5 Å². The number of hydrogen-bond donors (Lipinski definition) is 1. The van der Waals surface area contributed by atoms with Crippen LogP contribution in [0.3, 0.4) is 0 Å². The molecule has 35 heavy (non-hydrogen) atoms. The highest BCUT2D eigenvalue weighted by atomic mass is 32.2. The summed E-state index contributed by atoms with van der Waals surface area (Å²) in [5.74, 6) is 1.11. The summed E-state index contributed by atoms with van der Waals surface area (Å²) in [6.07, 6.45) is 3.03. The van der Waals surface area contributed by atoms with E-state index in [-0.39, 0.29) is 23.1 Å². The maximum absolute atomic E-state index is 13.1. The van der Waals surface area contributed by atoms with Crippen molar-refractivity contribution < 1.29 is 22.7 Å². The van der Waals surface area contributed by atoms with Crippen molar-refractivity contribution >= 4 is 38.5 Å². The first-order chi connectivity index (χ1) is 16.9. The molecule has 1 aliphatic heterocycles. The molecule has 0 aliphatic carbocycles. The molecule has 2 aromatic heterocycles. The fraction of sp³-hybridized carbons (Fsp3) is 0.200. The molecule has 2 aromatic carbocycles. The van der Waals surface area contributed by atoms with E-state index in [1.165, 1.54) is 18.3 Å². The number of fused-ring (bicyclic) bond motifs is 3. The second-order valence-electron chi connectivity index (χ2n) is 7.41. The Kier molecular flexibility index (Phi) is 6.65. The van der Waals surface area contributed by atoms with Gasteiger partial charge in [-0.3, -0.25) is 4.90 Å². The number of nitrogens with zero attached hydrogens (tertiary/aromatic N) is 3. The van der Waals surface area contributed by atoms with Crippen LogP contribution in [0.2, 0.25) is 0 Å². The van der Waals surface area contributed by atoms with Crippen LogP contribution in [0, 0.1) is 0 Å². The molecule has 0 radical (unpaired) electrons. The van der Waals surface area contributed by atoms with E-state index in [9.17, 15) is 13.2 Å². The minimum absolute atomic E-state index is 0.157. The predicted molar refractivity (Wildman–Crippen MR) is 135 cm³/mol. The molecule has 1 N–H and O–H groups in total. The molecule has 0 atom stereocenters. The maximum atomic E-state index is 13.1. The molecule has 0 saturated heterocycles. The van der Waals surface area contributed by atoms with E-state index in [0.717, 1.165) is 9.54 Å². The van der Waals surface area contributed by atoms with Gasteiger partial charge in [0.05, 0.1) is 37.0 Å². The van der Waals surface area contributed by atoms with Gasteiger partial charge in [-0.15, -0.1) is 0 Å². The summed E-state index contributed by atoms with van der Waals surface area (Å²) in [6.45, 7) is 4.25. The van der Waals surface area contributed by atoms with Crippen LogP contribution in [0.25, 0.3) is 11.0 Å². The van der Waals surface area contributed by atoms with Gasteiger partial charge in [-0.05, 0) is 18.2 Å². The number of rotatable bonds is 5. The van der Waals surface area contributed by atoms with E-state index in [0.29, 0.717) is 28.3 Å². The minimum Gasteiger partial charge on any atom is -0.497 e. The fourth-order valence-corrected chi connectivity index (χ4v) is 5.17. The number of ether oxygens (including phenoxy) is 2. The highest BCUT2D eigenvalue weighted by Gasteiger charge is 2.29. The van der Waals surface area contributed by atoms with E-state index in [1.54, 1.807) is 67.8 Å². The Morgan fingerprint density at radius 1 is 0.971 bits per heavy atom. The van der Waals surface area contributed by atoms with Gasteiger partial charge in [-0.25, -0.2) is 22.2 Å². The largest absolute Gasteiger partial charge is 0.497 e. The van der Waals surface area contributed by atoms with Crippen LogP contribution >= 0.6 is 0 Å². The molecular weight excluding hydrogens is 468 g/mol. The summed E-state index contributed by atoms with van der Waals surface area (Å²) < 4.78 is 38.0. The molecule has 1 aliphatic rings. The SMILES string of the molecule is CC.COc1cc(OC)cc(N2Cc3cnc4c(ccn4S(=O)(=O)c4ccccc4)c3NC2=O)c1. The monoisotopic (exact) mass is 494 g/mol. The van der Waals surface area contributed by atoms with E-state index in [4.69, 9.17) is 9.47 Å². The number of methoxy groups -OCH3 is 2. The Morgan fingerprint density at radius 2 is 1.63 bits per heavy atom. The Balaban J connectivity index is 0.00000141. The molecular formula is C25H26N4O5S. The van der Waals surface area contributed by atoms with Crippen LogP contribution in [0.15, 0.2) is 71.9 Å². The van der Waals surface area contributed by atoms with Crippen LogP contribution in [-0.4, -0.2) is 37.6 Å². The number of anilines is 2. The molecule has 0 fully saturated rings. The van der Waals surface area contributed by atoms with Crippen molar-refractivity contribution in [2.24, 2.45) is 0 Å². The normalized spacial score (nSPS) is 12.9. The molecule has 182 valence electrons. The first kappa shape index (κ1) is 24.1. The second-order valence-corrected chi connectivity index (χ2v) is 9.23. The maximum Gasteiger partial charge on any atom is 0.326 e. The lowest BCUT2D eigenvalue weighted by molar-refractivity contribution is 0.256. The average molecular weight is 495 g/mol. The molecule has 3 heterocycles. The molecule has 2 amide bonds. The van der Waals surface area contributed by atoms with Crippen molar-refractivity contribution in [3.63, 3.8) is 0 Å². The second kappa shape index (κ2) is 9.67. The number of nitrogens with one attached hydrogen (secondary N) is 1. The fourth-order valence-electron chi connectivity index (χ4n) is 3.85. The van der Waals surface area contributed by atoms with Crippen molar-refractivity contribution in [1.29, 1.82) is 0 Å². The average Bonchev–Trinajstić information content (AvgIpc) is 3.35. The number of aromatic nitrogens is 2. The van der Waals surface area contributed by atoms with Crippen LogP contribution in [0.1, 0.15) is 19.4 Å². The molecule has 5 rings (SSSR count).